The van der Waals surface area contributed by atoms with E-state index in [0.717, 1.165) is 0 Å². The molecule has 1 atom stereocenters. The number of rotatable bonds is 3. The maximum absolute atomic E-state index is 12.0. The molecule has 3 nitrogen and oxygen atoms in total. The molecule has 0 aromatic rings. The van der Waals surface area contributed by atoms with Gasteiger partial charge in [0.15, 0.2) is 0 Å². The second-order valence-electron chi connectivity index (χ2n) is 7.02. The monoisotopic (exact) mass is 254 g/mol. The summed E-state index contributed by atoms with van der Waals surface area (Å²) in [6, 6.07) is 0.291. The molecule has 1 rings (SSSR count). The molecule has 0 aliphatic heterocycles. The summed E-state index contributed by atoms with van der Waals surface area (Å²) in [7, 11) is 0. The number of nitrogens with one attached hydrogen (secondary N) is 2. The Kier molecular flexibility index (Phi) is 5.48. The number of hydrogen-bond donors (Lipinski definition) is 2. The zero-order valence-corrected chi connectivity index (χ0v) is 12.7. The minimum atomic E-state index is -0.168. The molecule has 2 amide bonds. The highest BCUT2D eigenvalue weighted by atomic mass is 16.2. The van der Waals surface area contributed by atoms with Crippen molar-refractivity contribution in [2.24, 2.45) is 11.8 Å². The van der Waals surface area contributed by atoms with E-state index < -0.39 is 0 Å². The van der Waals surface area contributed by atoms with E-state index in [4.69, 9.17) is 0 Å². The molecular weight excluding hydrogens is 224 g/mol. The van der Waals surface area contributed by atoms with Gasteiger partial charge in [-0.2, -0.15) is 0 Å². The van der Waals surface area contributed by atoms with Gasteiger partial charge in [-0.25, -0.2) is 4.79 Å². The van der Waals surface area contributed by atoms with Crippen molar-refractivity contribution in [1.82, 2.24) is 10.6 Å². The minimum Gasteiger partial charge on any atom is -0.335 e. The first kappa shape index (κ1) is 15.3. The zero-order valence-electron chi connectivity index (χ0n) is 12.7. The Hall–Kier alpha value is -0.730. The van der Waals surface area contributed by atoms with E-state index in [9.17, 15) is 4.79 Å². The fraction of sp³-hybridized carbons (Fsp3) is 0.933. The SMILES string of the molecule is CC(C)C(NC(=O)NC(C)(C)C)C1CCCCC1. The third-order valence-corrected chi connectivity index (χ3v) is 3.66. The van der Waals surface area contributed by atoms with Crippen molar-refractivity contribution in [2.45, 2.75) is 78.3 Å². The summed E-state index contributed by atoms with van der Waals surface area (Å²) < 4.78 is 0. The molecule has 1 aliphatic carbocycles. The molecule has 1 saturated carbocycles. The van der Waals surface area contributed by atoms with Crippen LogP contribution in [-0.4, -0.2) is 17.6 Å². The van der Waals surface area contributed by atoms with E-state index in [2.05, 4.69) is 24.5 Å². The molecular formula is C15H30N2O. The molecule has 1 fully saturated rings. The molecule has 106 valence electrons. The molecule has 0 radical (unpaired) electrons. The van der Waals surface area contributed by atoms with E-state index in [1.165, 1.54) is 32.1 Å². The summed E-state index contributed by atoms with van der Waals surface area (Å²) >= 11 is 0. The van der Waals surface area contributed by atoms with Crippen LogP contribution in [0.15, 0.2) is 0 Å². The third kappa shape index (κ3) is 5.28. The van der Waals surface area contributed by atoms with Crippen molar-refractivity contribution in [3.05, 3.63) is 0 Å². The van der Waals surface area contributed by atoms with Crippen molar-refractivity contribution in [3.63, 3.8) is 0 Å². The summed E-state index contributed by atoms with van der Waals surface area (Å²) in [5.74, 6) is 1.16. The first-order chi connectivity index (χ1) is 8.29. The first-order valence-corrected chi connectivity index (χ1v) is 7.38. The van der Waals surface area contributed by atoms with Crippen LogP contribution >= 0.6 is 0 Å². The Labute approximate surface area is 112 Å². The summed E-state index contributed by atoms with van der Waals surface area (Å²) in [4.78, 5) is 12.0. The molecule has 1 unspecified atom stereocenters. The van der Waals surface area contributed by atoms with Crippen LogP contribution in [0.2, 0.25) is 0 Å². The Bertz CT molecular complexity index is 262. The quantitative estimate of drug-likeness (QED) is 0.792. The van der Waals surface area contributed by atoms with Crippen LogP contribution in [0, 0.1) is 11.8 Å². The van der Waals surface area contributed by atoms with E-state index in [1.807, 2.05) is 20.8 Å². The number of carbonyl (C=O) groups excluding carboxylic acids is 1. The van der Waals surface area contributed by atoms with Crippen LogP contribution in [0.25, 0.3) is 0 Å². The fourth-order valence-electron chi connectivity index (χ4n) is 2.85. The number of hydrogen-bond acceptors (Lipinski definition) is 1. The van der Waals surface area contributed by atoms with E-state index in [1.54, 1.807) is 0 Å². The average molecular weight is 254 g/mol. The molecule has 3 heteroatoms. The van der Waals surface area contributed by atoms with Gasteiger partial charge in [0.1, 0.15) is 0 Å². The molecule has 1 aliphatic rings. The van der Waals surface area contributed by atoms with Gasteiger partial charge in [0.25, 0.3) is 0 Å². The van der Waals surface area contributed by atoms with Crippen molar-refractivity contribution in [3.8, 4) is 0 Å². The van der Waals surface area contributed by atoms with Gasteiger partial charge in [0, 0.05) is 11.6 Å². The molecule has 0 aromatic carbocycles. The first-order valence-electron chi connectivity index (χ1n) is 7.38. The summed E-state index contributed by atoms with van der Waals surface area (Å²) in [6.07, 6.45) is 6.51. The van der Waals surface area contributed by atoms with Crippen molar-refractivity contribution in [1.29, 1.82) is 0 Å². The van der Waals surface area contributed by atoms with E-state index >= 15 is 0 Å². The lowest BCUT2D eigenvalue weighted by molar-refractivity contribution is 0.197. The van der Waals surface area contributed by atoms with E-state index in [0.29, 0.717) is 17.9 Å². The largest absolute Gasteiger partial charge is 0.335 e. The normalized spacial score (nSPS) is 19.7. The molecule has 0 heterocycles. The van der Waals surface area contributed by atoms with Gasteiger partial charge < -0.3 is 10.6 Å². The van der Waals surface area contributed by atoms with Gasteiger partial charge in [-0.3, -0.25) is 0 Å². The van der Waals surface area contributed by atoms with Gasteiger partial charge in [-0.15, -0.1) is 0 Å². The van der Waals surface area contributed by atoms with Crippen LogP contribution in [0.5, 0.6) is 0 Å². The lowest BCUT2D eigenvalue weighted by atomic mass is 9.79. The maximum Gasteiger partial charge on any atom is 0.315 e. The average Bonchev–Trinajstić information content (AvgIpc) is 2.24. The summed E-state index contributed by atoms with van der Waals surface area (Å²) in [5, 5.41) is 6.19. The topological polar surface area (TPSA) is 41.1 Å². The molecule has 0 aromatic heterocycles. The zero-order chi connectivity index (χ0) is 13.8. The highest BCUT2D eigenvalue weighted by Crippen LogP contribution is 2.29. The Morgan fingerprint density at radius 1 is 1.11 bits per heavy atom. The Morgan fingerprint density at radius 2 is 1.67 bits per heavy atom. The lowest BCUT2D eigenvalue weighted by Gasteiger charge is -2.34. The summed E-state index contributed by atoms with van der Waals surface area (Å²) in [6.45, 7) is 10.4. The smallest absolute Gasteiger partial charge is 0.315 e. The highest BCUT2D eigenvalue weighted by Gasteiger charge is 2.28. The molecule has 0 spiro atoms. The van der Waals surface area contributed by atoms with Crippen LogP contribution in [0.1, 0.15) is 66.7 Å². The van der Waals surface area contributed by atoms with Crippen molar-refractivity contribution >= 4 is 6.03 Å². The number of amides is 2. The Morgan fingerprint density at radius 3 is 2.11 bits per heavy atom. The van der Waals surface area contributed by atoms with Crippen LogP contribution < -0.4 is 10.6 Å². The number of urea groups is 1. The highest BCUT2D eigenvalue weighted by molar-refractivity contribution is 5.75. The van der Waals surface area contributed by atoms with Gasteiger partial charge in [-0.1, -0.05) is 33.1 Å². The maximum atomic E-state index is 12.0. The third-order valence-electron chi connectivity index (χ3n) is 3.66. The van der Waals surface area contributed by atoms with Gasteiger partial charge >= 0.3 is 6.03 Å². The lowest BCUT2D eigenvalue weighted by Crippen LogP contribution is -2.53. The second-order valence-corrected chi connectivity index (χ2v) is 7.02. The van der Waals surface area contributed by atoms with Crippen molar-refractivity contribution < 1.29 is 4.79 Å². The molecule has 18 heavy (non-hydrogen) atoms. The van der Waals surface area contributed by atoms with Crippen LogP contribution in [0.3, 0.4) is 0 Å². The molecule has 0 saturated heterocycles. The van der Waals surface area contributed by atoms with Crippen LogP contribution in [0.4, 0.5) is 4.79 Å². The predicted molar refractivity (Wildman–Crippen MR) is 76.6 cm³/mol. The number of carbonyl (C=O) groups is 1. The minimum absolute atomic E-state index is 0.0215. The van der Waals surface area contributed by atoms with Crippen LogP contribution in [-0.2, 0) is 0 Å². The van der Waals surface area contributed by atoms with E-state index in [-0.39, 0.29) is 11.6 Å². The Balaban J connectivity index is 2.54. The fourth-order valence-corrected chi connectivity index (χ4v) is 2.85. The van der Waals surface area contributed by atoms with Gasteiger partial charge in [0.2, 0.25) is 0 Å². The van der Waals surface area contributed by atoms with Gasteiger partial charge in [0.05, 0.1) is 0 Å². The molecule has 0 bridgehead atoms. The second kappa shape index (κ2) is 6.44. The predicted octanol–water partition coefficient (Wildman–Crippen LogP) is 3.69. The molecule has 2 N–H and O–H groups in total. The van der Waals surface area contributed by atoms with Gasteiger partial charge in [-0.05, 0) is 45.4 Å². The van der Waals surface area contributed by atoms with Crippen molar-refractivity contribution in [2.75, 3.05) is 0 Å². The summed E-state index contributed by atoms with van der Waals surface area (Å²) in [5.41, 5.74) is -0.168. The standard InChI is InChI=1S/C15H30N2O/c1-11(2)13(12-9-7-6-8-10-12)16-14(18)17-15(3,4)5/h11-13H,6-10H2,1-5H3,(H2,16,17,18).